The molecule has 1 aromatic rings. The largest absolute Gasteiger partial charge is 0.371 e. The van der Waals surface area contributed by atoms with Gasteiger partial charge in [0.15, 0.2) is 0 Å². The Labute approximate surface area is 114 Å². The van der Waals surface area contributed by atoms with Gasteiger partial charge in [-0.15, -0.1) is 0 Å². The molecule has 2 aliphatic rings. The van der Waals surface area contributed by atoms with E-state index in [1.807, 2.05) is 0 Å². The highest BCUT2D eigenvalue weighted by Gasteiger charge is 2.34. The molecule has 0 amide bonds. The molecule has 3 heterocycles. The monoisotopic (exact) mass is 262 g/mol. The Morgan fingerprint density at radius 2 is 2.00 bits per heavy atom. The van der Waals surface area contributed by atoms with Crippen LogP contribution in [-0.2, 0) is 11.2 Å². The van der Waals surface area contributed by atoms with Crippen molar-refractivity contribution in [1.82, 2.24) is 9.97 Å². The van der Waals surface area contributed by atoms with E-state index in [0.29, 0.717) is 12.2 Å². The van der Waals surface area contributed by atoms with Crippen LogP contribution in [0, 0.1) is 0 Å². The van der Waals surface area contributed by atoms with E-state index in [-0.39, 0.29) is 0 Å². The molecule has 0 radical (unpaired) electrons. The van der Waals surface area contributed by atoms with E-state index >= 15 is 0 Å². The summed E-state index contributed by atoms with van der Waals surface area (Å²) in [7, 11) is 0. The number of anilines is 2. The smallest absolute Gasteiger partial charge is 0.134 e. The molecule has 19 heavy (non-hydrogen) atoms. The summed E-state index contributed by atoms with van der Waals surface area (Å²) in [4.78, 5) is 11.5. The molecular formula is C14H22N4O. The first-order chi connectivity index (χ1) is 9.28. The lowest BCUT2D eigenvalue weighted by molar-refractivity contribution is 0.0302. The van der Waals surface area contributed by atoms with E-state index in [9.17, 15) is 0 Å². The van der Waals surface area contributed by atoms with Crippen molar-refractivity contribution in [3.05, 3.63) is 11.9 Å². The van der Waals surface area contributed by atoms with Gasteiger partial charge in [-0.3, -0.25) is 0 Å². The molecule has 2 atom stereocenters. The molecule has 3 rings (SSSR count). The minimum Gasteiger partial charge on any atom is -0.371 e. The number of ether oxygens (including phenoxy) is 1. The molecule has 0 spiro atoms. The molecule has 1 aromatic heterocycles. The molecule has 2 saturated heterocycles. The predicted octanol–water partition coefficient (Wildman–Crippen LogP) is 1.84. The van der Waals surface area contributed by atoms with Crippen LogP contribution in [0.4, 0.5) is 11.6 Å². The number of hydrogen-bond acceptors (Lipinski definition) is 5. The zero-order chi connectivity index (χ0) is 13.2. The molecule has 0 saturated carbocycles. The van der Waals surface area contributed by atoms with Crippen LogP contribution in [0.1, 0.15) is 32.5 Å². The van der Waals surface area contributed by atoms with Crippen molar-refractivity contribution in [2.24, 2.45) is 0 Å². The summed E-state index contributed by atoms with van der Waals surface area (Å²) >= 11 is 0. The van der Waals surface area contributed by atoms with Crippen LogP contribution < -0.4 is 10.2 Å². The van der Waals surface area contributed by atoms with E-state index in [1.54, 1.807) is 0 Å². The summed E-state index contributed by atoms with van der Waals surface area (Å²) in [6.45, 7) is 6.98. The average molecular weight is 262 g/mol. The van der Waals surface area contributed by atoms with E-state index in [1.165, 1.54) is 12.8 Å². The fourth-order valence-electron chi connectivity index (χ4n) is 2.88. The molecule has 2 bridgehead atoms. The number of aryl methyl sites for hydroxylation is 1. The minimum atomic E-state index is 0.390. The predicted molar refractivity (Wildman–Crippen MR) is 75.7 cm³/mol. The van der Waals surface area contributed by atoms with Gasteiger partial charge in [-0.25, -0.2) is 9.97 Å². The molecule has 2 fully saturated rings. The van der Waals surface area contributed by atoms with Crippen molar-refractivity contribution in [3.63, 3.8) is 0 Å². The summed E-state index contributed by atoms with van der Waals surface area (Å²) in [5.41, 5.74) is 0. The first-order valence-electron chi connectivity index (χ1n) is 7.30. The van der Waals surface area contributed by atoms with Crippen molar-refractivity contribution in [2.75, 3.05) is 29.9 Å². The summed E-state index contributed by atoms with van der Waals surface area (Å²) in [5, 5.41) is 3.29. The Balaban J connectivity index is 1.84. The highest BCUT2D eigenvalue weighted by Crippen LogP contribution is 2.29. The molecule has 0 aromatic carbocycles. The van der Waals surface area contributed by atoms with Gasteiger partial charge in [-0.2, -0.15) is 0 Å². The third kappa shape index (κ3) is 2.66. The molecule has 2 unspecified atom stereocenters. The van der Waals surface area contributed by atoms with Crippen LogP contribution >= 0.6 is 0 Å². The second kappa shape index (κ2) is 5.33. The van der Waals surface area contributed by atoms with Gasteiger partial charge in [0.05, 0.1) is 12.2 Å². The molecule has 104 valence electrons. The minimum absolute atomic E-state index is 0.390. The van der Waals surface area contributed by atoms with Gasteiger partial charge in [0.2, 0.25) is 0 Å². The fourth-order valence-corrected chi connectivity index (χ4v) is 2.88. The number of hydrogen-bond donors (Lipinski definition) is 1. The number of nitrogens with one attached hydrogen (secondary N) is 1. The van der Waals surface area contributed by atoms with Crippen LogP contribution in [-0.4, -0.2) is 41.8 Å². The Kier molecular flexibility index (Phi) is 3.55. The second-order valence-corrected chi connectivity index (χ2v) is 5.27. The van der Waals surface area contributed by atoms with Crippen LogP contribution in [0.3, 0.4) is 0 Å². The lowest BCUT2D eigenvalue weighted by Gasteiger charge is -2.33. The second-order valence-electron chi connectivity index (χ2n) is 5.27. The van der Waals surface area contributed by atoms with Gasteiger partial charge >= 0.3 is 0 Å². The van der Waals surface area contributed by atoms with Gasteiger partial charge < -0.3 is 15.0 Å². The van der Waals surface area contributed by atoms with Gasteiger partial charge in [-0.1, -0.05) is 6.92 Å². The topological polar surface area (TPSA) is 50.3 Å². The van der Waals surface area contributed by atoms with Crippen molar-refractivity contribution < 1.29 is 4.74 Å². The maximum atomic E-state index is 5.88. The lowest BCUT2D eigenvalue weighted by atomic mass is 10.2. The average Bonchev–Trinajstić information content (AvgIpc) is 2.77. The van der Waals surface area contributed by atoms with E-state index in [0.717, 1.165) is 43.5 Å². The lowest BCUT2D eigenvalue weighted by Crippen LogP contribution is -2.43. The Morgan fingerprint density at radius 1 is 1.26 bits per heavy atom. The quantitative estimate of drug-likeness (QED) is 0.897. The highest BCUT2D eigenvalue weighted by molar-refractivity contribution is 5.50. The van der Waals surface area contributed by atoms with E-state index in [2.05, 4.69) is 40.1 Å². The van der Waals surface area contributed by atoms with E-state index < -0.39 is 0 Å². The number of fused-ring (bicyclic) bond motifs is 2. The first kappa shape index (κ1) is 12.7. The van der Waals surface area contributed by atoms with Gasteiger partial charge in [0.1, 0.15) is 17.5 Å². The highest BCUT2D eigenvalue weighted by atomic mass is 16.5. The summed E-state index contributed by atoms with van der Waals surface area (Å²) in [5.74, 6) is 2.89. The number of rotatable bonds is 4. The third-order valence-corrected chi connectivity index (χ3v) is 3.80. The molecular weight excluding hydrogens is 240 g/mol. The normalized spacial score (nSPS) is 25.7. The fraction of sp³-hybridized carbons (Fsp3) is 0.714. The maximum Gasteiger partial charge on any atom is 0.134 e. The Bertz CT molecular complexity index is 439. The van der Waals surface area contributed by atoms with Gasteiger partial charge in [0.25, 0.3) is 0 Å². The molecule has 0 aliphatic carbocycles. The Morgan fingerprint density at radius 3 is 2.63 bits per heavy atom. The van der Waals surface area contributed by atoms with Crippen molar-refractivity contribution in [2.45, 2.75) is 45.3 Å². The zero-order valence-electron chi connectivity index (χ0n) is 11.7. The summed E-state index contributed by atoms with van der Waals surface area (Å²) < 4.78 is 5.88. The first-order valence-corrected chi connectivity index (χ1v) is 7.30. The summed E-state index contributed by atoms with van der Waals surface area (Å²) in [6.07, 6.45) is 4.02. The third-order valence-electron chi connectivity index (χ3n) is 3.80. The Hall–Kier alpha value is -1.36. The molecule has 1 N–H and O–H groups in total. The summed E-state index contributed by atoms with van der Waals surface area (Å²) in [6, 6.07) is 2.06. The van der Waals surface area contributed by atoms with Crippen LogP contribution in [0.25, 0.3) is 0 Å². The SMILES string of the molecule is CCNc1cc(N2CC3CCC(C2)O3)nc(CC)n1. The van der Waals surface area contributed by atoms with Crippen molar-refractivity contribution in [3.8, 4) is 0 Å². The number of morpholine rings is 1. The van der Waals surface area contributed by atoms with E-state index in [4.69, 9.17) is 4.74 Å². The maximum absolute atomic E-state index is 5.88. The standard InChI is InChI=1S/C14H22N4O/c1-3-12-16-13(15-4-2)7-14(17-12)18-8-10-5-6-11(9-18)19-10/h7,10-11H,3-6,8-9H2,1-2H3,(H,15,16,17). The van der Waals surface area contributed by atoms with Gasteiger partial charge in [0, 0.05) is 32.1 Å². The zero-order valence-corrected chi connectivity index (χ0v) is 11.7. The van der Waals surface area contributed by atoms with Crippen LogP contribution in [0.5, 0.6) is 0 Å². The number of aromatic nitrogens is 2. The van der Waals surface area contributed by atoms with Crippen LogP contribution in [0.15, 0.2) is 6.07 Å². The molecule has 2 aliphatic heterocycles. The number of nitrogens with zero attached hydrogens (tertiary/aromatic N) is 3. The van der Waals surface area contributed by atoms with Crippen LogP contribution in [0.2, 0.25) is 0 Å². The molecule has 5 heteroatoms. The van der Waals surface area contributed by atoms with Gasteiger partial charge in [-0.05, 0) is 19.8 Å². The van der Waals surface area contributed by atoms with Crippen molar-refractivity contribution in [1.29, 1.82) is 0 Å². The van der Waals surface area contributed by atoms with Crippen molar-refractivity contribution >= 4 is 11.6 Å². The molecule has 5 nitrogen and oxygen atoms in total.